The molecule has 1 heterocycles. The number of benzene rings is 2. The number of amides is 1. The van der Waals surface area contributed by atoms with Gasteiger partial charge in [-0.15, -0.1) is 0 Å². The van der Waals surface area contributed by atoms with Gasteiger partial charge in [0.1, 0.15) is 5.82 Å². The van der Waals surface area contributed by atoms with E-state index in [1.165, 1.54) is 22.9 Å². The topological polar surface area (TPSA) is 64.0 Å². The fraction of sp³-hybridized carbons (Fsp3) is 0.150. The standard InChI is InChI=1S/C20H17ClFN3O2/c1-13-11-18(26)19(24-25(13)17-7-5-15(21)6-8-17)20(27)23-10-9-14-3-2-4-16(22)12-14/h2-8,11-12H,9-10H2,1H3,(H,23,27). The molecule has 2 aromatic carbocycles. The summed E-state index contributed by atoms with van der Waals surface area (Å²) in [6.45, 7) is 1.99. The smallest absolute Gasteiger partial charge is 0.275 e. The second kappa shape index (κ2) is 8.14. The quantitative estimate of drug-likeness (QED) is 0.732. The summed E-state index contributed by atoms with van der Waals surface area (Å²) in [4.78, 5) is 24.6. The summed E-state index contributed by atoms with van der Waals surface area (Å²) >= 11 is 5.90. The summed E-state index contributed by atoms with van der Waals surface area (Å²) in [5, 5.41) is 7.43. The lowest BCUT2D eigenvalue weighted by Crippen LogP contribution is -2.33. The van der Waals surface area contributed by atoms with Crippen molar-refractivity contribution in [2.24, 2.45) is 0 Å². The third-order valence-electron chi connectivity index (χ3n) is 3.98. The average molecular weight is 386 g/mol. The molecular weight excluding hydrogens is 369 g/mol. The van der Waals surface area contributed by atoms with Gasteiger partial charge in [-0.05, 0) is 55.3 Å². The fourth-order valence-electron chi connectivity index (χ4n) is 2.64. The van der Waals surface area contributed by atoms with Crippen LogP contribution in [0, 0.1) is 12.7 Å². The normalized spacial score (nSPS) is 10.6. The molecule has 3 rings (SSSR count). The molecule has 1 aromatic heterocycles. The zero-order chi connectivity index (χ0) is 19.4. The van der Waals surface area contributed by atoms with E-state index in [1.54, 1.807) is 43.3 Å². The average Bonchev–Trinajstić information content (AvgIpc) is 2.63. The molecule has 138 valence electrons. The zero-order valence-corrected chi connectivity index (χ0v) is 15.3. The first-order valence-electron chi connectivity index (χ1n) is 8.33. The Kier molecular flexibility index (Phi) is 5.66. The number of aryl methyl sites for hydroxylation is 1. The van der Waals surface area contributed by atoms with Gasteiger partial charge in [0.25, 0.3) is 5.91 Å². The molecule has 0 bridgehead atoms. The molecule has 0 saturated heterocycles. The highest BCUT2D eigenvalue weighted by atomic mass is 35.5. The molecule has 5 nitrogen and oxygen atoms in total. The van der Waals surface area contributed by atoms with Crippen molar-refractivity contribution in [3.8, 4) is 5.69 Å². The lowest BCUT2D eigenvalue weighted by Gasteiger charge is -2.11. The number of carbonyl (C=O) groups is 1. The zero-order valence-electron chi connectivity index (χ0n) is 14.6. The molecule has 0 spiro atoms. The van der Waals surface area contributed by atoms with Crippen LogP contribution in [0.1, 0.15) is 21.7 Å². The molecule has 0 aliphatic heterocycles. The minimum atomic E-state index is -0.570. The molecule has 0 saturated carbocycles. The highest BCUT2D eigenvalue weighted by Crippen LogP contribution is 2.13. The number of aromatic nitrogens is 2. The van der Waals surface area contributed by atoms with Crippen molar-refractivity contribution >= 4 is 17.5 Å². The molecule has 1 amide bonds. The largest absolute Gasteiger partial charge is 0.350 e. The number of halogens is 2. The van der Waals surface area contributed by atoms with E-state index in [2.05, 4.69) is 10.4 Å². The number of carbonyl (C=O) groups excluding carboxylic acids is 1. The van der Waals surface area contributed by atoms with Crippen LogP contribution < -0.4 is 10.7 Å². The van der Waals surface area contributed by atoms with Crippen LogP contribution in [0.3, 0.4) is 0 Å². The minimum Gasteiger partial charge on any atom is -0.350 e. The number of hydrogen-bond donors (Lipinski definition) is 1. The van der Waals surface area contributed by atoms with Crippen LogP contribution in [0.2, 0.25) is 5.02 Å². The Labute approximate surface area is 160 Å². The fourth-order valence-corrected chi connectivity index (χ4v) is 2.77. The maximum atomic E-state index is 13.2. The van der Waals surface area contributed by atoms with Crippen LogP contribution in [-0.2, 0) is 6.42 Å². The van der Waals surface area contributed by atoms with Gasteiger partial charge in [0.15, 0.2) is 5.69 Å². The molecule has 0 aliphatic rings. The van der Waals surface area contributed by atoms with E-state index in [-0.39, 0.29) is 18.1 Å². The first-order valence-corrected chi connectivity index (χ1v) is 8.71. The Morgan fingerprint density at radius 2 is 1.93 bits per heavy atom. The van der Waals surface area contributed by atoms with E-state index in [0.29, 0.717) is 22.8 Å². The van der Waals surface area contributed by atoms with E-state index in [4.69, 9.17) is 11.6 Å². The molecule has 7 heteroatoms. The predicted molar refractivity (Wildman–Crippen MR) is 102 cm³/mol. The van der Waals surface area contributed by atoms with Crippen LogP contribution in [-0.4, -0.2) is 22.2 Å². The van der Waals surface area contributed by atoms with E-state index in [1.807, 2.05) is 0 Å². The van der Waals surface area contributed by atoms with Gasteiger partial charge in [0.2, 0.25) is 5.43 Å². The van der Waals surface area contributed by atoms with E-state index < -0.39 is 11.3 Å². The second-order valence-corrected chi connectivity index (χ2v) is 6.46. The first-order chi connectivity index (χ1) is 12.9. The van der Waals surface area contributed by atoms with Gasteiger partial charge in [-0.3, -0.25) is 9.59 Å². The number of rotatable bonds is 5. The van der Waals surface area contributed by atoms with Gasteiger partial charge >= 0.3 is 0 Å². The van der Waals surface area contributed by atoms with E-state index in [9.17, 15) is 14.0 Å². The predicted octanol–water partition coefficient (Wildman–Crippen LogP) is 3.31. The molecule has 0 fully saturated rings. The third-order valence-corrected chi connectivity index (χ3v) is 4.23. The molecule has 0 aliphatic carbocycles. The Bertz CT molecular complexity index is 1030. The molecule has 3 aromatic rings. The number of hydrogen-bond acceptors (Lipinski definition) is 3. The van der Waals surface area contributed by atoms with Crippen molar-refractivity contribution in [2.75, 3.05) is 6.54 Å². The van der Waals surface area contributed by atoms with Crippen molar-refractivity contribution < 1.29 is 9.18 Å². The lowest BCUT2D eigenvalue weighted by atomic mass is 10.1. The lowest BCUT2D eigenvalue weighted by molar-refractivity contribution is 0.0946. The Balaban J connectivity index is 1.77. The summed E-state index contributed by atoms with van der Waals surface area (Å²) in [5.41, 5.74) is 1.38. The van der Waals surface area contributed by atoms with Crippen molar-refractivity contribution in [3.05, 3.63) is 92.6 Å². The van der Waals surface area contributed by atoms with Crippen LogP contribution in [0.4, 0.5) is 4.39 Å². The van der Waals surface area contributed by atoms with Gasteiger partial charge in [-0.2, -0.15) is 5.10 Å². The maximum absolute atomic E-state index is 13.2. The Morgan fingerprint density at radius 3 is 2.63 bits per heavy atom. The van der Waals surface area contributed by atoms with Crippen LogP contribution in [0.5, 0.6) is 0 Å². The summed E-state index contributed by atoms with van der Waals surface area (Å²) in [7, 11) is 0. The van der Waals surface area contributed by atoms with Crippen LogP contribution in [0.25, 0.3) is 5.69 Å². The summed E-state index contributed by atoms with van der Waals surface area (Å²) in [5.74, 6) is -0.899. The summed E-state index contributed by atoms with van der Waals surface area (Å²) in [6, 6.07) is 14.4. The van der Waals surface area contributed by atoms with Crippen LogP contribution >= 0.6 is 11.6 Å². The molecule has 27 heavy (non-hydrogen) atoms. The number of nitrogens with zero attached hydrogens (tertiary/aromatic N) is 2. The molecule has 0 unspecified atom stereocenters. The SMILES string of the molecule is Cc1cc(=O)c(C(=O)NCCc2cccc(F)c2)nn1-c1ccc(Cl)cc1. The second-order valence-electron chi connectivity index (χ2n) is 6.02. The summed E-state index contributed by atoms with van der Waals surface area (Å²) in [6.07, 6.45) is 0.445. The van der Waals surface area contributed by atoms with Gasteiger partial charge in [-0.1, -0.05) is 23.7 Å². The minimum absolute atomic E-state index is 0.199. The Hall–Kier alpha value is -2.99. The van der Waals surface area contributed by atoms with Gasteiger partial charge in [0.05, 0.1) is 5.69 Å². The highest BCUT2D eigenvalue weighted by Gasteiger charge is 2.15. The van der Waals surface area contributed by atoms with Gasteiger partial charge < -0.3 is 5.32 Å². The van der Waals surface area contributed by atoms with Crippen molar-refractivity contribution in [3.63, 3.8) is 0 Å². The molecule has 0 atom stereocenters. The number of nitrogens with one attached hydrogen (secondary N) is 1. The van der Waals surface area contributed by atoms with Crippen molar-refractivity contribution in [1.29, 1.82) is 0 Å². The van der Waals surface area contributed by atoms with Gasteiger partial charge in [-0.25, -0.2) is 9.07 Å². The van der Waals surface area contributed by atoms with Crippen LogP contribution in [0.15, 0.2) is 59.4 Å². The molecule has 1 N–H and O–H groups in total. The Morgan fingerprint density at radius 1 is 1.19 bits per heavy atom. The van der Waals surface area contributed by atoms with Crippen molar-refractivity contribution in [2.45, 2.75) is 13.3 Å². The highest BCUT2D eigenvalue weighted by molar-refractivity contribution is 6.30. The molecule has 0 radical (unpaired) electrons. The third kappa shape index (κ3) is 4.60. The van der Waals surface area contributed by atoms with E-state index in [0.717, 1.165) is 5.56 Å². The maximum Gasteiger partial charge on any atom is 0.275 e. The molecular formula is C20H17ClFN3O2. The van der Waals surface area contributed by atoms with Crippen molar-refractivity contribution in [1.82, 2.24) is 15.1 Å². The van der Waals surface area contributed by atoms with E-state index >= 15 is 0 Å². The monoisotopic (exact) mass is 385 g/mol. The summed E-state index contributed by atoms with van der Waals surface area (Å²) < 4.78 is 14.7. The van der Waals surface area contributed by atoms with Gasteiger partial charge in [0, 0.05) is 23.3 Å². The first kappa shape index (κ1) is 18.8.